The second-order valence-corrected chi connectivity index (χ2v) is 11.2. The van der Waals surface area contributed by atoms with Crippen LogP contribution in [0.3, 0.4) is 0 Å². The van der Waals surface area contributed by atoms with E-state index in [1.807, 2.05) is 13.8 Å². The summed E-state index contributed by atoms with van der Waals surface area (Å²) < 4.78 is 43.9. The fraction of sp³-hybridized carbons (Fsp3) is 0.517. The number of aromatic nitrogens is 2. The van der Waals surface area contributed by atoms with Crippen molar-refractivity contribution in [1.82, 2.24) is 20.0 Å². The van der Waals surface area contributed by atoms with E-state index >= 15 is 4.39 Å². The Morgan fingerprint density at radius 3 is 2.27 bits per heavy atom. The monoisotopic (exact) mass is 557 g/mol. The summed E-state index contributed by atoms with van der Waals surface area (Å²) in [6, 6.07) is 4.58. The van der Waals surface area contributed by atoms with Crippen LogP contribution in [0.15, 0.2) is 41.6 Å². The average molecular weight is 558 g/mol. The molecule has 2 aromatic rings. The van der Waals surface area contributed by atoms with Crippen LogP contribution in [-0.2, 0) is 9.59 Å². The molecular formula is C29H34F3N5O3. The van der Waals surface area contributed by atoms with Gasteiger partial charge in [0, 0.05) is 12.2 Å². The van der Waals surface area contributed by atoms with Crippen molar-refractivity contribution in [2.24, 2.45) is 5.92 Å². The molecule has 0 bridgehead atoms. The van der Waals surface area contributed by atoms with Gasteiger partial charge in [-0.1, -0.05) is 11.6 Å². The van der Waals surface area contributed by atoms with E-state index in [2.05, 4.69) is 15.7 Å². The SMILES string of the molecule is CC(C)n1nccc1C(=O)N[C@H](C(=O)Nc1ccc([C@H](C)C(=O)N2C[C@@H](F)[C@@H](F)C2)cc1F)C(=C1CC1)C1CC1. The second kappa shape index (κ2) is 11.1. The van der Waals surface area contributed by atoms with Crippen molar-refractivity contribution in [1.29, 1.82) is 0 Å². The van der Waals surface area contributed by atoms with Crippen molar-refractivity contribution in [2.75, 3.05) is 18.4 Å². The van der Waals surface area contributed by atoms with Gasteiger partial charge in [0.2, 0.25) is 5.91 Å². The Hall–Kier alpha value is -3.63. The number of halogens is 3. The van der Waals surface area contributed by atoms with Gasteiger partial charge in [-0.15, -0.1) is 0 Å². The van der Waals surface area contributed by atoms with Gasteiger partial charge >= 0.3 is 0 Å². The zero-order valence-corrected chi connectivity index (χ0v) is 22.8. The third-order valence-corrected chi connectivity index (χ3v) is 7.78. The van der Waals surface area contributed by atoms with Crippen molar-refractivity contribution in [3.05, 3.63) is 58.7 Å². The molecule has 0 spiro atoms. The number of allylic oxidation sites excluding steroid dienone is 1. The van der Waals surface area contributed by atoms with Crippen LogP contribution < -0.4 is 10.6 Å². The van der Waals surface area contributed by atoms with E-state index in [1.165, 1.54) is 18.3 Å². The number of benzene rings is 1. The number of likely N-dealkylation sites (tertiary alicyclic amines) is 1. The maximum atomic E-state index is 15.2. The summed E-state index contributed by atoms with van der Waals surface area (Å²) in [5.74, 6) is -2.86. The second-order valence-electron chi connectivity index (χ2n) is 11.2. The Bertz CT molecular complexity index is 1340. The van der Waals surface area contributed by atoms with Crippen LogP contribution in [-0.4, -0.2) is 63.9 Å². The van der Waals surface area contributed by atoms with E-state index in [1.54, 1.807) is 17.7 Å². The van der Waals surface area contributed by atoms with Crippen molar-refractivity contribution >= 4 is 23.4 Å². The predicted molar refractivity (Wildman–Crippen MR) is 143 cm³/mol. The molecule has 4 atom stereocenters. The molecule has 11 heteroatoms. The average Bonchev–Trinajstić information content (AvgIpc) is 3.85. The Kier molecular flexibility index (Phi) is 7.74. The Labute approximate surface area is 231 Å². The maximum Gasteiger partial charge on any atom is 0.270 e. The van der Waals surface area contributed by atoms with Crippen LogP contribution in [0.2, 0.25) is 0 Å². The van der Waals surface area contributed by atoms with Gasteiger partial charge in [-0.25, -0.2) is 13.2 Å². The molecule has 0 unspecified atom stereocenters. The number of hydrogen-bond acceptors (Lipinski definition) is 4. The summed E-state index contributed by atoms with van der Waals surface area (Å²) in [7, 11) is 0. The summed E-state index contributed by atoms with van der Waals surface area (Å²) in [5.41, 5.74) is 2.61. The molecule has 2 saturated carbocycles. The lowest BCUT2D eigenvalue weighted by Crippen LogP contribution is -2.46. The molecule has 0 radical (unpaired) electrons. The fourth-order valence-corrected chi connectivity index (χ4v) is 5.30. The topological polar surface area (TPSA) is 96.3 Å². The molecule has 5 rings (SSSR count). The standard InChI is InChI=1S/C29H34F3N5O3/c1-15(2)37-24(10-11-33-37)27(38)35-26(25(17-4-5-17)18-6-7-18)28(39)34-23-9-8-19(12-20(23)30)16(3)29(40)36-13-21(31)22(32)14-36/h8-12,15-17,21-22,26H,4-7,13-14H2,1-3H3,(H,34,39)(H,35,38)/t16-,21-,22+,26-/m0/s1. The first kappa shape index (κ1) is 27.9. The molecule has 3 amide bonds. The molecule has 1 saturated heterocycles. The zero-order valence-electron chi connectivity index (χ0n) is 22.8. The number of nitrogens with zero attached hydrogens (tertiary/aromatic N) is 3. The normalized spacial score (nSPS) is 21.8. The van der Waals surface area contributed by atoms with Gasteiger partial charge in [0.1, 0.15) is 17.6 Å². The number of alkyl halides is 2. The summed E-state index contributed by atoms with van der Waals surface area (Å²) >= 11 is 0. The van der Waals surface area contributed by atoms with E-state index < -0.39 is 47.8 Å². The molecule has 3 aliphatic rings. The third-order valence-electron chi connectivity index (χ3n) is 7.78. The molecule has 8 nitrogen and oxygen atoms in total. The molecule has 2 aliphatic carbocycles. The van der Waals surface area contributed by atoms with Crippen molar-refractivity contribution < 1.29 is 27.6 Å². The van der Waals surface area contributed by atoms with Crippen LogP contribution in [0.1, 0.15) is 74.5 Å². The summed E-state index contributed by atoms with van der Waals surface area (Å²) in [6.07, 6.45) is 1.68. The predicted octanol–water partition coefficient (Wildman–Crippen LogP) is 4.46. The van der Waals surface area contributed by atoms with Crippen LogP contribution in [0.25, 0.3) is 0 Å². The third kappa shape index (κ3) is 5.78. The maximum absolute atomic E-state index is 15.2. The van der Waals surface area contributed by atoms with Crippen LogP contribution in [0.4, 0.5) is 18.9 Å². The largest absolute Gasteiger partial charge is 0.336 e. The zero-order chi connectivity index (χ0) is 28.7. The quantitative estimate of drug-likeness (QED) is 0.445. The number of rotatable bonds is 9. The highest BCUT2D eigenvalue weighted by molar-refractivity contribution is 6.02. The summed E-state index contributed by atoms with van der Waals surface area (Å²) in [5, 5.41) is 9.71. The van der Waals surface area contributed by atoms with E-state index in [0.29, 0.717) is 11.3 Å². The number of nitrogens with one attached hydrogen (secondary N) is 2. The molecule has 3 fully saturated rings. The van der Waals surface area contributed by atoms with Gasteiger partial charge in [0.25, 0.3) is 11.8 Å². The molecule has 1 aliphatic heterocycles. The Morgan fingerprint density at radius 2 is 1.70 bits per heavy atom. The van der Waals surface area contributed by atoms with Crippen molar-refractivity contribution in [3.63, 3.8) is 0 Å². The van der Waals surface area contributed by atoms with Gasteiger partial charge in [-0.2, -0.15) is 5.10 Å². The van der Waals surface area contributed by atoms with Gasteiger partial charge in [0.15, 0.2) is 12.3 Å². The first-order chi connectivity index (χ1) is 19.0. The molecular weight excluding hydrogens is 523 g/mol. The van der Waals surface area contributed by atoms with E-state index in [-0.39, 0.29) is 30.7 Å². The van der Waals surface area contributed by atoms with Crippen molar-refractivity contribution in [2.45, 2.75) is 76.8 Å². The molecule has 2 heterocycles. The smallest absolute Gasteiger partial charge is 0.270 e. The van der Waals surface area contributed by atoms with E-state index in [0.717, 1.165) is 47.8 Å². The molecule has 214 valence electrons. The highest BCUT2D eigenvalue weighted by atomic mass is 19.2. The van der Waals surface area contributed by atoms with Gasteiger partial charge in [0.05, 0.1) is 24.7 Å². The van der Waals surface area contributed by atoms with Gasteiger partial charge in [-0.05, 0) is 81.7 Å². The number of anilines is 1. The number of hydrogen-bond donors (Lipinski definition) is 2. The van der Waals surface area contributed by atoms with E-state index in [4.69, 9.17) is 0 Å². The van der Waals surface area contributed by atoms with Crippen LogP contribution in [0, 0.1) is 11.7 Å². The first-order valence-corrected chi connectivity index (χ1v) is 13.8. The van der Waals surface area contributed by atoms with Crippen LogP contribution >= 0.6 is 0 Å². The number of amides is 3. The molecule has 40 heavy (non-hydrogen) atoms. The Balaban J connectivity index is 1.33. The first-order valence-electron chi connectivity index (χ1n) is 13.8. The highest BCUT2D eigenvalue weighted by Gasteiger charge is 2.41. The summed E-state index contributed by atoms with van der Waals surface area (Å²) in [4.78, 5) is 40.7. The summed E-state index contributed by atoms with van der Waals surface area (Å²) in [6.45, 7) is 4.69. The minimum atomic E-state index is -1.73. The van der Waals surface area contributed by atoms with E-state index in [9.17, 15) is 23.2 Å². The fourth-order valence-electron chi connectivity index (χ4n) is 5.30. The minimum absolute atomic E-state index is 0.0585. The van der Waals surface area contributed by atoms with Gasteiger partial charge < -0.3 is 15.5 Å². The lowest BCUT2D eigenvalue weighted by Gasteiger charge is -2.23. The number of carbonyl (C=O) groups excluding carboxylic acids is 3. The van der Waals surface area contributed by atoms with Crippen LogP contribution in [0.5, 0.6) is 0 Å². The Morgan fingerprint density at radius 1 is 1.02 bits per heavy atom. The number of carbonyl (C=O) groups is 3. The molecule has 1 aromatic heterocycles. The molecule has 2 N–H and O–H groups in total. The lowest BCUT2D eigenvalue weighted by molar-refractivity contribution is -0.131. The van der Waals surface area contributed by atoms with Gasteiger partial charge in [-0.3, -0.25) is 19.1 Å². The minimum Gasteiger partial charge on any atom is -0.336 e. The highest BCUT2D eigenvalue weighted by Crippen LogP contribution is 2.46. The lowest BCUT2D eigenvalue weighted by atomic mass is 9.98. The van der Waals surface area contributed by atoms with Crippen molar-refractivity contribution in [3.8, 4) is 0 Å². The molecule has 1 aromatic carbocycles.